The molecule has 0 unspecified atom stereocenters. The minimum Gasteiger partial charge on any atom is -0.423 e. The van der Waals surface area contributed by atoms with Gasteiger partial charge in [0.05, 0.1) is 5.56 Å². The summed E-state index contributed by atoms with van der Waals surface area (Å²) in [5.74, 6) is 0.0431. The predicted molar refractivity (Wildman–Crippen MR) is 86.5 cm³/mol. The molecule has 0 amide bonds. The Kier molecular flexibility index (Phi) is 5.90. The molecule has 0 heterocycles. The van der Waals surface area contributed by atoms with Gasteiger partial charge < -0.3 is 4.74 Å². The van der Waals surface area contributed by atoms with Crippen LogP contribution in [0.5, 0.6) is 5.75 Å². The van der Waals surface area contributed by atoms with E-state index in [0.717, 1.165) is 12.7 Å². The summed E-state index contributed by atoms with van der Waals surface area (Å²) in [4.78, 5) is 22.6. The van der Waals surface area contributed by atoms with Crippen LogP contribution in [0.1, 0.15) is 52.5 Å². The molecule has 2 rings (SSSR count). The maximum Gasteiger partial charge on any atom is 0.343 e. The number of esters is 1. The van der Waals surface area contributed by atoms with E-state index in [9.17, 15) is 9.59 Å². The van der Waals surface area contributed by atoms with Crippen molar-refractivity contribution in [2.75, 3.05) is 0 Å². The normalized spacial score (nSPS) is 10.2. The molecule has 114 valence electrons. The van der Waals surface area contributed by atoms with Crippen molar-refractivity contribution in [1.82, 2.24) is 0 Å². The average Bonchev–Trinajstić information content (AvgIpc) is 2.56. The molecule has 0 aliphatic rings. The highest BCUT2D eigenvalue weighted by molar-refractivity contribution is 5.91. The van der Waals surface area contributed by atoms with E-state index in [-0.39, 0.29) is 5.97 Å². The Balaban J connectivity index is 1.95. The summed E-state index contributed by atoms with van der Waals surface area (Å²) in [7, 11) is 0. The fraction of sp³-hybridized carbons (Fsp3) is 0.263. The summed E-state index contributed by atoms with van der Waals surface area (Å²) < 4.78 is 5.28. The van der Waals surface area contributed by atoms with Gasteiger partial charge in [0.2, 0.25) is 0 Å². The van der Waals surface area contributed by atoms with Crippen molar-refractivity contribution >= 4 is 12.3 Å². The molecule has 0 saturated heterocycles. The van der Waals surface area contributed by atoms with Crippen LogP contribution in [-0.4, -0.2) is 12.3 Å². The lowest BCUT2D eigenvalue weighted by molar-refractivity contribution is 0.0734. The number of carbonyl (C=O) groups is 2. The third-order valence-corrected chi connectivity index (χ3v) is 3.49. The molecule has 0 aliphatic carbocycles. The van der Waals surface area contributed by atoms with Gasteiger partial charge in [0, 0.05) is 5.56 Å². The van der Waals surface area contributed by atoms with E-state index in [1.54, 1.807) is 36.4 Å². The van der Waals surface area contributed by atoms with E-state index in [1.165, 1.54) is 24.8 Å². The van der Waals surface area contributed by atoms with Gasteiger partial charge in [-0.15, -0.1) is 0 Å². The monoisotopic (exact) mass is 296 g/mol. The molecule has 2 aromatic rings. The first-order valence-electron chi connectivity index (χ1n) is 7.59. The standard InChI is InChI=1S/C19H20O3/c1-2-3-4-5-15-6-10-17(11-7-15)19(21)22-18-12-8-16(14-20)9-13-18/h6-14H,2-5H2,1H3. The molecule has 0 aromatic heterocycles. The van der Waals surface area contributed by atoms with Gasteiger partial charge in [0.25, 0.3) is 0 Å². The van der Waals surface area contributed by atoms with E-state index >= 15 is 0 Å². The molecule has 0 atom stereocenters. The lowest BCUT2D eigenvalue weighted by Gasteiger charge is -2.06. The second-order valence-corrected chi connectivity index (χ2v) is 5.23. The molecular formula is C19H20O3. The van der Waals surface area contributed by atoms with Gasteiger partial charge in [-0.3, -0.25) is 4.79 Å². The molecule has 0 saturated carbocycles. The van der Waals surface area contributed by atoms with E-state index in [4.69, 9.17) is 4.74 Å². The van der Waals surface area contributed by atoms with E-state index in [1.807, 2.05) is 12.1 Å². The Bertz CT molecular complexity index is 612. The number of carbonyl (C=O) groups excluding carboxylic acids is 2. The predicted octanol–water partition coefficient (Wildman–Crippen LogP) is 4.45. The van der Waals surface area contributed by atoms with Crippen LogP contribution in [0.25, 0.3) is 0 Å². The first-order valence-corrected chi connectivity index (χ1v) is 7.59. The molecule has 0 radical (unpaired) electrons. The van der Waals surface area contributed by atoms with Crippen LogP contribution in [0.15, 0.2) is 48.5 Å². The fourth-order valence-corrected chi connectivity index (χ4v) is 2.17. The number of hydrogen-bond acceptors (Lipinski definition) is 3. The zero-order valence-corrected chi connectivity index (χ0v) is 12.7. The molecule has 0 N–H and O–H groups in total. The van der Waals surface area contributed by atoms with Gasteiger partial charge in [-0.05, 0) is 54.8 Å². The van der Waals surface area contributed by atoms with Crippen molar-refractivity contribution in [3.63, 3.8) is 0 Å². The minimum atomic E-state index is -0.390. The fourth-order valence-electron chi connectivity index (χ4n) is 2.17. The molecule has 3 heteroatoms. The second kappa shape index (κ2) is 8.13. The van der Waals surface area contributed by atoms with Crippen LogP contribution in [-0.2, 0) is 6.42 Å². The number of aryl methyl sites for hydroxylation is 1. The molecule has 0 aliphatic heterocycles. The second-order valence-electron chi connectivity index (χ2n) is 5.23. The topological polar surface area (TPSA) is 43.4 Å². The highest BCUT2D eigenvalue weighted by atomic mass is 16.5. The number of benzene rings is 2. The van der Waals surface area contributed by atoms with Crippen molar-refractivity contribution < 1.29 is 14.3 Å². The summed E-state index contributed by atoms with van der Waals surface area (Å²) in [5, 5.41) is 0. The van der Waals surface area contributed by atoms with Crippen molar-refractivity contribution in [2.24, 2.45) is 0 Å². The maximum absolute atomic E-state index is 12.0. The van der Waals surface area contributed by atoms with Crippen molar-refractivity contribution in [3.8, 4) is 5.75 Å². The van der Waals surface area contributed by atoms with E-state index in [2.05, 4.69) is 6.92 Å². The molecule has 3 nitrogen and oxygen atoms in total. The summed E-state index contributed by atoms with van der Waals surface area (Å²) >= 11 is 0. The van der Waals surface area contributed by atoms with Gasteiger partial charge in [0.15, 0.2) is 0 Å². The van der Waals surface area contributed by atoms with Crippen LogP contribution < -0.4 is 4.74 Å². The molecule has 0 bridgehead atoms. The summed E-state index contributed by atoms with van der Waals surface area (Å²) in [6.07, 6.45) is 5.39. The Morgan fingerprint density at radius 2 is 1.68 bits per heavy atom. The Hall–Kier alpha value is -2.42. The van der Waals surface area contributed by atoms with Crippen molar-refractivity contribution in [3.05, 3.63) is 65.2 Å². The lowest BCUT2D eigenvalue weighted by Crippen LogP contribution is -2.08. The summed E-state index contributed by atoms with van der Waals surface area (Å²) in [6, 6.07) is 14.0. The van der Waals surface area contributed by atoms with E-state index in [0.29, 0.717) is 16.9 Å². The van der Waals surface area contributed by atoms with Gasteiger partial charge in [0.1, 0.15) is 12.0 Å². The van der Waals surface area contributed by atoms with Crippen LogP contribution in [0.4, 0.5) is 0 Å². The van der Waals surface area contributed by atoms with Gasteiger partial charge in [-0.1, -0.05) is 31.9 Å². The van der Waals surface area contributed by atoms with Crippen LogP contribution >= 0.6 is 0 Å². The van der Waals surface area contributed by atoms with Crippen LogP contribution in [0, 0.1) is 0 Å². The molecule has 0 spiro atoms. The summed E-state index contributed by atoms with van der Waals surface area (Å²) in [6.45, 7) is 2.18. The number of rotatable bonds is 7. The largest absolute Gasteiger partial charge is 0.423 e. The molecule has 0 fully saturated rings. The molecular weight excluding hydrogens is 276 g/mol. The Labute approximate surface area is 130 Å². The Morgan fingerprint density at radius 3 is 2.27 bits per heavy atom. The highest BCUT2D eigenvalue weighted by Gasteiger charge is 2.08. The number of hydrogen-bond donors (Lipinski definition) is 0. The number of unbranched alkanes of at least 4 members (excludes halogenated alkanes) is 2. The Morgan fingerprint density at radius 1 is 1.00 bits per heavy atom. The van der Waals surface area contributed by atoms with Gasteiger partial charge >= 0.3 is 5.97 Å². The van der Waals surface area contributed by atoms with Crippen LogP contribution in [0.2, 0.25) is 0 Å². The quantitative estimate of drug-likeness (QED) is 0.328. The van der Waals surface area contributed by atoms with Crippen LogP contribution in [0.3, 0.4) is 0 Å². The third kappa shape index (κ3) is 4.55. The third-order valence-electron chi connectivity index (χ3n) is 3.49. The maximum atomic E-state index is 12.0. The lowest BCUT2D eigenvalue weighted by atomic mass is 10.1. The number of ether oxygens (including phenoxy) is 1. The van der Waals surface area contributed by atoms with Gasteiger partial charge in [-0.2, -0.15) is 0 Å². The van der Waals surface area contributed by atoms with Crippen molar-refractivity contribution in [1.29, 1.82) is 0 Å². The first-order chi connectivity index (χ1) is 10.7. The van der Waals surface area contributed by atoms with Gasteiger partial charge in [-0.25, -0.2) is 4.79 Å². The molecule has 2 aromatic carbocycles. The summed E-state index contributed by atoms with van der Waals surface area (Å²) in [5.41, 5.74) is 2.32. The van der Waals surface area contributed by atoms with Crippen molar-refractivity contribution in [2.45, 2.75) is 32.6 Å². The smallest absolute Gasteiger partial charge is 0.343 e. The molecule has 22 heavy (non-hydrogen) atoms. The highest BCUT2D eigenvalue weighted by Crippen LogP contribution is 2.15. The zero-order valence-electron chi connectivity index (χ0n) is 12.7. The van der Waals surface area contributed by atoms with E-state index < -0.39 is 0 Å². The average molecular weight is 296 g/mol. The SMILES string of the molecule is CCCCCc1ccc(C(=O)Oc2ccc(C=O)cc2)cc1. The first kappa shape index (κ1) is 16.0. The zero-order chi connectivity index (χ0) is 15.8. The number of aldehydes is 1. The minimum absolute atomic E-state index is 0.390.